The number of amides is 1. The molecule has 124 valence electrons. The van der Waals surface area contributed by atoms with Gasteiger partial charge in [0.2, 0.25) is 0 Å². The Morgan fingerprint density at radius 3 is 2.54 bits per heavy atom. The molecule has 1 N–H and O–H groups in total. The second kappa shape index (κ2) is 7.87. The second-order valence-corrected chi connectivity index (χ2v) is 4.95. The van der Waals surface area contributed by atoms with Crippen LogP contribution in [0.15, 0.2) is 47.8 Å². The van der Waals surface area contributed by atoms with Crippen LogP contribution in [0.3, 0.4) is 0 Å². The molecule has 1 amide bonds. The van der Waals surface area contributed by atoms with E-state index in [1.165, 1.54) is 19.5 Å². The summed E-state index contributed by atoms with van der Waals surface area (Å²) in [5, 5.41) is 14.9. The van der Waals surface area contributed by atoms with E-state index in [1.54, 1.807) is 37.3 Å². The summed E-state index contributed by atoms with van der Waals surface area (Å²) in [6.45, 7) is 1.71. The highest BCUT2D eigenvalue weighted by Crippen LogP contribution is 2.20. The fraction of sp³-hybridized carbons (Fsp3) is 0.176. The number of methoxy groups -OCH3 is 1. The molecule has 0 radical (unpaired) electrons. The van der Waals surface area contributed by atoms with Crippen molar-refractivity contribution in [3.8, 4) is 5.75 Å². The number of benzene rings is 1. The maximum atomic E-state index is 11.9. The Morgan fingerprint density at radius 2 is 1.92 bits per heavy atom. The summed E-state index contributed by atoms with van der Waals surface area (Å²) in [6, 6.07) is 8.18. The van der Waals surface area contributed by atoms with Crippen LogP contribution in [0.2, 0.25) is 0 Å². The number of pyridine rings is 1. The van der Waals surface area contributed by atoms with Crippen LogP contribution in [-0.4, -0.2) is 29.7 Å². The normalized spacial score (nSPS) is 11.0. The number of rotatable bonds is 6. The smallest absolute Gasteiger partial charge is 0.271 e. The molecule has 0 spiro atoms. The number of ether oxygens (including phenoxy) is 1. The van der Waals surface area contributed by atoms with E-state index in [2.05, 4.69) is 15.5 Å². The van der Waals surface area contributed by atoms with Crippen LogP contribution in [0, 0.1) is 0 Å². The van der Waals surface area contributed by atoms with E-state index >= 15 is 0 Å². The molecular formula is C17H16N3O4-. The minimum atomic E-state index is -1.20. The number of carboxylic acid groups (broad SMARTS) is 1. The third-order valence-electron chi connectivity index (χ3n) is 3.30. The van der Waals surface area contributed by atoms with E-state index in [1.807, 2.05) is 0 Å². The highest BCUT2D eigenvalue weighted by atomic mass is 16.5. The van der Waals surface area contributed by atoms with Gasteiger partial charge < -0.3 is 14.6 Å². The number of carbonyl (C=O) groups is 2. The Balaban J connectivity index is 2.18. The van der Waals surface area contributed by atoms with E-state index in [9.17, 15) is 14.7 Å². The zero-order valence-electron chi connectivity index (χ0n) is 13.3. The molecule has 24 heavy (non-hydrogen) atoms. The molecule has 0 fully saturated rings. The van der Waals surface area contributed by atoms with Gasteiger partial charge in [-0.2, -0.15) is 5.10 Å². The van der Waals surface area contributed by atoms with Crippen LogP contribution >= 0.6 is 0 Å². The van der Waals surface area contributed by atoms with Gasteiger partial charge in [0.15, 0.2) is 0 Å². The highest BCUT2D eigenvalue weighted by molar-refractivity contribution is 6.01. The first-order valence-corrected chi connectivity index (χ1v) is 7.13. The number of aliphatic carboxylic acids is 1. The van der Waals surface area contributed by atoms with Gasteiger partial charge in [0, 0.05) is 35.9 Å². The average Bonchev–Trinajstić information content (AvgIpc) is 2.59. The van der Waals surface area contributed by atoms with Gasteiger partial charge in [-0.1, -0.05) is 0 Å². The van der Waals surface area contributed by atoms with E-state index in [0.717, 1.165) is 0 Å². The Kier molecular flexibility index (Phi) is 5.62. The number of carboxylic acids is 1. The molecule has 1 aromatic heterocycles. The molecule has 0 aliphatic heterocycles. The fourth-order valence-corrected chi connectivity index (χ4v) is 2.06. The van der Waals surface area contributed by atoms with Crippen molar-refractivity contribution >= 4 is 17.6 Å². The van der Waals surface area contributed by atoms with Gasteiger partial charge in [-0.15, -0.1) is 0 Å². The lowest BCUT2D eigenvalue weighted by Crippen LogP contribution is -2.24. The zero-order chi connectivity index (χ0) is 17.5. The summed E-state index contributed by atoms with van der Waals surface area (Å²) >= 11 is 0. The molecule has 7 nitrogen and oxygen atoms in total. The van der Waals surface area contributed by atoms with Crippen molar-refractivity contribution in [2.75, 3.05) is 7.11 Å². The van der Waals surface area contributed by atoms with Gasteiger partial charge in [0.1, 0.15) is 5.75 Å². The first kappa shape index (κ1) is 17.1. The number of aromatic nitrogens is 1. The van der Waals surface area contributed by atoms with E-state index in [4.69, 9.17) is 4.74 Å². The molecule has 0 bridgehead atoms. The average molecular weight is 326 g/mol. The van der Waals surface area contributed by atoms with E-state index in [-0.39, 0.29) is 12.3 Å². The second-order valence-electron chi connectivity index (χ2n) is 4.95. The van der Waals surface area contributed by atoms with E-state index in [0.29, 0.717) is 28.2 Å². The molecule has 0 aliphatic carbocycles. The number of hydrogen-bond donors (Lipinski definition) is 1. The number of nitrogens with zero attached hydrogens (tertiary/aromatic N) is 2. The minimum absolute atomic E-state index is 0.270. The first-order chi connectivity index (χ1) is 11.5. The summed E-state index contributed by atoms with van der Waals surface area (Å²) in [6.07, 6.45) is 2.76. The summed E-state index contributed by atoms with van der Waals surface area (Å²) < 4.78 is 5.13. The van der Waals surface area contributed by atoms with Gasteiger partial charge in [-0.05, 0) is 42.8 Å². The van der Waals surface area contributed by atoms with Crippen LogP contribution in [0.4, 0.5) is 0 Å². The molecule has 2 aromatic rings. The van der Waals surface area contributed by atoms with Crippen LogP contribution in [0.1, 0.15) is 28.4 Å². The quantitative estimate of drug-likeness (QED) is 0.616. The first-order valence-electron chi connectivity index (χ1n) is 7.13. The largest absolute Gasteiger partial charge is 0.550 e. The molecule has 0 aliphatic rings. The maximum absolute atomic E-state index is 11.9. The van der Waals surface area contributed by atoms with Crippen LogP contribution in [0.5, 0.6) is 5.75 Å². The molecule has 0 unspecified atom stereocenters. The van der Waals surface area contributed by atoms with Crippen molar-refractivity contribution in [2.45, 2.75) is 13.3 Å². The van der Waals surface area contributed by atoms with Crippen LogP contribution in [-0.2, 0) is 11.2 Å². The summed E-state index contributed by atoms with van der Waals surface area (Å²) in [7, 11) is 1.46. The van der Waals surface area contributed by atoms with Crippen molar-refractivity contribution in [3.63, 3.8) is 0 Å². The number of nitrogens with one attached hydrogen (secondary N) is 1. The Morgan fingerprint density at radius 1 is 1.21 bits per heavy atom. The van der Waals surface area contributed by atoms with E-state index < -0.39 is 5.97 Å². The Hall–Kier alpha value is -3.22. The minimum Gasteiger partial charge on any atom is -0.550 e. The highest BCUT2D eigenvalue weighted by Gasteiger charge is 2.08. The zero-order valence-corrected chi connectivity index (χ0v) is 13.3. The van der Waals surface area contributed by atoms with Gasteiger partial charge >= 0.3 is 0 Å². The monoisotopic (exact) mass is 326 g/mol. The third-order valence-corrected chi connectivity index (χ3v) is 3.30. The molecule has 7 heteroatoms. The fourth-order valence-electron chi connectivity index (χ4n) is 2.06. The predicted octanol–water partition coefficient (Wildman–Crippen LogP) is 0.537. The molecule has 0 atom stereocenters. The summed E-state index contributed by atoms with van der Waals surface area (Å²) in [5.74, 6) is -1.11. The molecule has 1 heterocycles. The van der Waals surface area contributed by atoms with Crippen LogP contribution in [0.25, 0.3) is 0 Å². The maximum Gasteiger partial charge on any atom is 0.271 e. The lowest BCUT2D eigenvalue weighted by molar-refractivity contribution is -0.304. The Bertz CT molecular complexity index is 773. The van der Waals surface area contributed by atoms with Crippen molar-refractivity contribution < 1.29 is 19.4 Å². The van der Waals surface area contributed by atoms with Gasteiger partial charge in [-0.25, -0.2) is 5.43 Å². The number of hydrazone groups is 1. The third kappa shape index (κ3) is 4.39. The molecule has 1 aromatic carbocycles. The number of carbonyl (C=O) groups excluding carboxylic acids is 2. The lowest BCUT2D eigenvalue weighted by Gasteiger charge is -2.11. The van der Waals surface area contributed by atoms with Crippen molar-refractivity contribution in [1.82, 2.24) is 10.4 Å². The molecule has 0 saturated heterocycles. The molecular weight excluding hydrogens is 310 g/mol. The van der Waals surface area contributed by atoms with Crippen molar-refractivity contribution in [2.24, 2.45) is 5.10 Å². The lowest BCUT2D eigenvalue weighted by atomic mass is 10.0. The SMILES string of the molecule is COc1ccc(/C(C)=N\NC(=O)c2ccncc2)cc1CC(=O)[O-]. The van der Waals surface area contributed by atoms with Gasteiger partial charge in [0.25, 0.3) is 5.91 Å². The summed E-state index contributed by atoms with van der Waals surface area (Å²) in [5.41, 5.74) is 4.56. The Labute approximate surface area is 139 Å². The standard InChI is InChI=1S/C17H17N3O4/c1-11(19-20-17(23)12-5-7-18-8-6-12)13-3-4-15(24-2)14(9-13)10-16(21)22/h3-9H,10H2,1-2H3,(H,20,23)(H,21,22)/p-1/b19-11-. The predicted molar refractivity (Wildman–Crippen MR) is 85.6 cm³/mol. The van der Waals surface area contributed by atoms with Crippen LogP contribution < -0.4 is 15.3 Å². The summed E-state index contributed by atoms with van der Waals surface area (Å²) in [4.78, 5) is 26.6. The number of hydrogen-bond acceptors (Lipinski definition) is 6. The molecule has 2 rings (SSSR count). The van der Waals surface area contributed by atoms with Gasteiger partial charge in [0.05, 0.1) is 12.8 Å². The van der Waals surface area contributed by atoms with Crippen molar-refractivity contribution in [1.29, 1.82) is 0 Å². The topological polar surface area (TPSA) is 104 Å². The molecule has 0 saturated carbocycles. The van der Waals surface area contributed by atoms with Gasteiger partial charge in [-0.3, -0.25) is 9.78 Å². The van der Waals surface area contributed by atoms with Crippen molar-refractivity contribution in [3.05, 3.63) is 59.4 Å².